The number of carbonyl (C=O) groups is 2. The number of halogens is 4. The maximum atomic E-state index is 14.0. The maximum absolute atomic E-state index is 14.0. The number of alkyl halides is 3. The number of rotatable bonds is 10. The fourth-order valence-corrected chi connectivity index (χ4v) is 4.91. The fraction of sp³-hybridized carbons (Fsp3) is 0.500. The van der Waals surface area contributed by atoms with Crippen molar-refractivity contribution >= 4 is 23.4 Å². The van der Waals surface area contributed by atoms with Gasteiger partial charge in [0.25, 0.3) is 17.4 Å². The second-order valence-corrected chi connectivity index (χ2v) is 10.3. The first-order chi connectivity index (χ1) is 18.4. The predicted molar refractivity (Wildman–Crippen MR) is 141 cm³/mol. The van der Waals surface area contributed by atoms with Crippen LogP contribution >= 0.6 is 11.6 Å². The van der Waals surface area contributed by atoms with Crippen LogP contribution in [0.3, 0.4) is 0 Å². The molecule has 2 aromatic carbocycles. The van der Waals surface area contributed by atoms with E-state index in [9.17, 15) is 27.9 Å². The summed E-state index contributed by atoms with van der Waals surface area (Å²) in [6, 6.07) is 9.75. The Morgan fingerprint density at radius 2 is 1.85 bits per heavy atom. The van der Waals surface area contributed by atoms with Crippen LogP contribution < -0.4 is 14.8 Å². The predicted octanol–water partition coefficient (Wildman–Crippen LogP) is 5.19. The number of likely N-dealkylation sites (tertiary alicyclic amines) is 1. The van der Waals surface area contributed by atoms with Gasteiger partial charge in [-0.3, -0.25) is 9.59 Å². The quantitative estimate of drug-likeness (QED) is 0.410. The van der Waals surface area contributed by atoms with Gasteiger partial charge in [-0.2, -0.15) is 13.2 Å². The second-order valence-electron chi connectivity index (χ2n) is 9.89. The molecule has 1 aliphatic rings. The third-order valence-electron chi connectivity index (χ3n) is 7.12. The third-order valence-corrected chi connectivity index (χ3v) is 7.44. The molecule has 2 atom stereocenters. The highest BCUT2D eigenvalue weighted by atomic mass is 35.5. The van der Waals surface area contributed by atoms with Crippen LogP contribution in [0.1, 0.15) is 48.5 Å². The number of benzene rings is 2. The molecule has 2 aromatic rings. The molecule has 0 aromatic heterocycles. The van der Waals surface area contributed by atoms with Crippen LogP contribution in [0.25, 0.3) is 0 Å². The molecular formula is C28H34ClF3N2O5. The summed E-state index contributed by atoms with van der Waals surface area (Å²) >= 11 is 6.16. The van der Waals surface area contributed by atoms with Gasteiger partial charge in [-0.1, -0.05) is 30.7 Å². The monoisotopic (exact) mass is 570 g/mol. The number of amides is 2. The topological polar surface area (TPSA) is 88.1 Å². The Bertz CT molecular complexity index is 1150. The van der Waals surface area contributed by atoms with E-state index in [2.05, 4.69) is 5.32 Å². The molecule has 1 heterocycles. The number of nitrogens with one attached hydrogen (secondary N) is 1. The Morgan fingerprint density at radius 3 is 2.44 bits per heavy atom. The van der Waals surface area contributed by atoms with Gasteiger partial charge in [0.05, 0.1) is 24.3 Å². The van der Waals surface area contributed by atoms with Crippen LogP contribution in [0, 0.1) is 11.8 Å². The van der Waals surface area contributed by atoms with Crippen molar-refractivity contribution in [3.63, 3.8) is 0 Å². The SMILES string of the molecule is CNC(=O)c1ccc(OC[C@@H](C)CCC2CCN(C(=O)C(O)(c3cccc(OC)c3)C(F)(F)F)CC2)cc1Cl. The molecule has 39 heavy (non-hydrogen) atoms. The number of hydrogen-bond acceptors (Lipinski definition) is 5. The van der Waals surface area contributed by atoms with Gasteiger partial charge in [0.2, 0.25) is 0 Å². The molecule has 1 aliphatic heterocycles. The Balaban J connectivity index is 1.51. The Labute approximate surface area is 231 Å². The minimum atomic E-state index is -5.20. The van der Waals surface area contributed by atoms with Crippen molar-refractivity contribution in [1.82, 2.24) is 10.2 Å². The molecule has 1 fully saturated rings. The van der Waals surface area contributed by atoms with Crippen LogP contribution in [0.15, 0.2) is 42.5 Å². The zero-order valence-electron chi connectivity index (χ0n) is 22.2. The van der Waals surface area contributed by atoms with Crippen molar-refractivity contribution in [1.29, 1.82) is 0 Å². The van der Waals surface area contributed by atoms with E-state index < -0.39 is 23.2 Å². The van der Waals surface area contributed by atoms with Crippen molar-refractivity contribution in [3.8, 4) is 11.5 Å². The number of piperidine rings is 1. The number of aliphatic hydroxyl groups is 1. The lowest BCUT2D eigenvalue weighted by atomic mass is 9.87. The minimum Gasteiger partial charge on any atom is -0.497 e. The molecule has 0 bridgehead atoms. The van der Waals surface area contributed by atoms with Gasteiger partial charge in [-0.25, -0.2) is 0 Å². The number of ether oxygens (including phenoxy) is 2. The first-order valence-corrected chi connectivity index (χ1v) is 13.2. The summed E-state index contributed by atoms with van der Waals surface area (Å²) in [7, 11) is 2.82. The highest BCUT2D eigenvalue weighted by molar-refractivity contribution is 6.34. The molecule has 7 nitrogen and oxygen atoms in total. The van der Waals surface area contributed by atoms with Gasteiger partial charge in [-0.05, 0) is 67.9 Å². The molecule has 214 valence electrons. The largest absolute Gasteiger partial charge is 0.497 e. The smallest absolute Gasteiger partial charge is 0.430 e. The zero-order chi connectivity index (χ0) is 28.8. The zero-order valence-corrected chi connectivity index (χ0v) is 22.9. The van der Waals surface area contributed by atoms with Crippen molar-refractivity contribution in [3.05, 3.63) is 58.6 Å². The van der Waals surface area contributed by atoms with E-state index in [4.69, 9.17) is 21.1 Å². The Hall–Kier alpha value is -2.98. The highest BCUT2D eigenvalue weighted by Crippen LogP contribution is 2.42. The molecule has 1 unspecified atom stereocenters. The van der Waals surface area contributed by atoms with Gasteiger partial charge in [-0.15, -0.1) is 0 Å². The third kappa shape index (κ3) is 7.16. The summed E-state index contributed by atoms with van der Waals surface area (Å²) in [5, 5.41) is 13.5. The van der Waals surface area contributed by atoms with E-state index in [1.54, 1.807) is 18.2 Å². The molecule has 0 radical (unpaired) electrons. The molecule has 2 amide bonds. The van der Waals surface area contributed by atoms with Crippen molar-refractivity contribution in [2.75, 3.05) is 33.9 Å². The summed E-state index contributed by atoms with van der Waals surface area (Å²) in [5.41, 5.74) is -3.86. The van der Waals surface area contributed by atoms with Crippen LogP contribution in [0.5, 0.6) is 11.5 Å². The summed E-state index contributed by atoms with van der Waals surface area (Å²) in [5.74, 6) is -0.539. The van der Waals surface area contributed by atoms with Gasteiger partial charge in [0.15, 0.2) is 0 Å². The number of hydrogen-bond donors (Lipinski definition) is 2. The normalized spacial score (nSPS) is 16.8. The second kappa shape index (κ2) is 12.9. The van der Waals surface area contributed by atoms with E-state index >= 15 is 0 Å². The molecule has 11 heteroatoms. The molecule has 0 saturated carbocycles. The van der Waals surface area contributed by atoms with Crippen molar-refractivity contribution in [2.24, 2.45) is 11.8 Å². The van der Waals surface area contributed by atoms with Crippen molar-refractivity contribution in [2.45, 2.75) is 44.4 Å². The fourth-order valence-electron chi connectivity index (χ4n) is 4.66. The van der Waals surface area contributed by atoms with Gasteiger partial charge < -0.3 is 24.8 Å². The molecule has 0 aliphatic carbocycles. The summed E-state index contributed by atoms with van der Waals surface area (Å²) in [6.07, 6.45) is -2.44. The highest BCUT2D eigenvalue weighted by Gasteiger charge is 2.62. The molecule has 1 saturated heterocycles. The lowest BCUT2D eigenvalue weighted by Crippen LogP contribution is -2.57. The number of carbonyl (C=O) groups excluding carboxylic acids is 2. The maximum Gasteiger partial charge on any atom is 0.430 e. The van der Waals surface area contributed by atoms with Crippen molar-refractivity contribution < 1.29 is 37.3 Å². The van der Waals surface area contributed by atoms with E-state index in [-0.39, 0.29) is 36.6 Å². The average Bonchev–Trinajstić information content (AvgIpc) is 2.93. The number of methoxy groups -OCH3 is 1. The van der Waals surface area contributed by atoms with E-state index in [0.29, 0.717) is 35.8 Å². The summed E-state index contributed by atoms with van der Waals surface area (Å²) in [6.45, 7) is 2.74. The van der Waals surface area contributed by atoms with Crippen LogP contribution in [0.2, 0.25) is 5.02 Å². The molecule has 3 rings (SSSR count). The lowest BCUT2D eigenvalue weighted by molar-refractivity contribution is -0.262. The van der Waals surface area contributed by atoms with E-state index in [1.807, 2.05) is 6.92 Å². The first-order valence-electron chi connectivity index (χ1n) is 12.8. The van der Waals surface area contributed by atoms with Crippen LogP contribution in [-0.4, -0.2) is 61.9 Å². The molecular weight excluding hydrogens is 537 g/mol. The van der Waals surface area contributed by atoms with E-state index in [1.165, 1.54) is 26.3 Å². The van der Waals surface area contributed by atoms with Crippen LogP contribution in [0.4, 0.5) is 13.2 Å². The minimum absolute atomic E-state index is 0.115. The first kappa shape index (κ1) is 30.6. The standard InChI is InChI=1S/C28H34ClF3N2O5/c1-18(17-39-22-9-10-23(24(29)16-22)25(35)33-2)7-8-19-11-13-34(14-12-19)26(36)27(37,28(30,31)32)20-5-4-6-21(15-20)38-3/h4-6,9-10,15-16,18-19,37H,7-8,11-14,17H2,1-3H3,(H,33,35)/t18-,27?/m0/s1. The Morgan fingerprint density at radius 1 is 1.15 bits per heavy atom. The molecule has 2 N–H and O–H groups in total. The van der Waals surface area contributed by atoms with Gasteiger partial charge in [0.1, 0.15) is 11.5 Å². The van der Waals surface area contributed by atoms with E-state index in [0.717, 1.165) is 29.9 Å². The summed E-state index contributed by atoms with van der Waals surface area (Å²) in [4.78, 5) is 25.9. The average molecular weight is 571 g/mol. The summed E-state index contributed by atoms with van der Waals surface area (Å²) < 4.78 is 52.9. The number of nitrogens with zero attached hydrogens (tertiary/aromatic N) is 1. The Kier molecular flexibility index (Phi) is 10.1. The van der Waals surface area contributed by atoms with Gasteiger partial charge in [0, 0.05) is 25.7 Å². The van der Waals surface area contributed by atoms with Gasteiger partial charge >= 0.3 is 6.18 Å². The lowest BCUT2D eigenvalue weighted by Gasteiger charge is -2.38. The molecule has 0 spiro atoms. The van der Waals surface area contributed by atoms with Crippen LogP contribution in [-0.2, 0) is 10.4 Å².